The van der Waals surface area contributed by atoms with E-state index in [9.17, 15) is 4.79 Å². The number of anilines is 1. The van der Waals surface area contributed by atoms with E-state index < -0.39 is 0 Å². The minimum atomic E-state index is -0.207. The van der Waals surface area contributed by atoms with Gasteiger partial charge in [0, 0.05) is 16.7 Å². The predicted octanol–water partition coefficient (Wildman–Crippen LogP) is 3.50. The van der Waals surface area contributed by atoms with Crippen molar-refractivity contribution in [2.24, 2.45) is 0 Å². The first kappa shape index (κ1) is 15.9. The fourth-order valence-corrected chi connectivity index (χ4v) is 3.78. The zero-order chi connectivity index (χ0) is 15.4. The van der Waals surface area contributed by atoms with Crippen molar-refractivity contribution in [3.05, 3.63) is 26.7 Å². The van der Waals surface area contributed by atoms with Gasteiger partial charge in [-0.15, -0.1) is 22.7 Å². The Morgan fingerprint density at radius 2 is 2.19 bits per heavy atom. The maximum absolute atomic E-state index is 11.1. The Bertz CT molecular complexity index is 622. The number of aryl methyl sites for hydroxylation is 3. The Balaban J connectivity index is 1.95. The smallest absolute Gasteiger partial charge is 0.305 e. The maximum atomic E-state index is 11.1. The second kappa shape index (κ2) is 7.00. The molecule has 1 unspecified atom stereocenters. The zero-order valence-electron chi connectivity index (χ0n) is 12.6. The lowest BCUT2D eigenvalue weighted by atomic mass is 10.2. The SMILES string of the molecule is COC(=O)CCc1csc(NC(C)c2sc(C)nc2C)n1. The number of ether oxygens (including phenoxy) is 1. The Hall–Kier alpha value is -1.47. The molecule has 2 heterocycles. The van der Waals surface area contributed by atoms with Crippen LogP contribution in [-0.4, -0.2) is 23.0 Å². The molecule has 2 aromatic rings. The van der Waals surface area contributed by atoms with Gasteiger partial charge >= 0.3 is 5.97 Å². The summed E-state index contributed by atoms with van der Waals surface area (Å²) in [6.07, 6.45) is 0.973. The second-order valence-electron chi connectivity index (χ2n) is 4.77. The molecule has 2 aromatic heterocycles. The maximum Gasteiger partial charge on any atom is 0.305 e. The number of carbonyl (C=O) groups is 1. The van der Waals surface area contributed by atoms with E-state index in [0.29, 0.717) is 12.8 Å². The van der Waals surface area contributed by atoms with Gasteiger partial charge in [-0.1, -0.05) is 0 Å². The highest BCUT2D eigenvalue weighted by Gasteiger charge is 2.14. The van der Waals surface area contributed by atoms with E-state index in [0.717, 1.165) is 21.5 Å². The van der Waals surface area contributed by atoms with Crippen LogP contribution in [0.5, 0.6) is 0 Å². The zero-order valence-corrected chi connectivity index (χ0v) is 14.2. The lowest BCUT2D eigenvalue weighted by Crippen LogP contribution is -2.06. The van der Waals surface area contributed by atoms with Crippen molar-refractivity contribution in [1.29, 1.82) is 0 Å². The molecule has 0 bridgehead atoms. The monoisotopic (exact) mass is 325 g/mol. The molecule has 0 aliphatic rings. The molecule has 0 saturated carbocycles. The van der Waals surface area contributed by atoms with Crippen LogP contribution in [-0.2, 0) is 16.0 Å². The average Bonchev–Trinajstić information content (AvgIpc) is 3.02. The number of aromatic nitrogens is 2. The molecule has 5 nitrogen and oxygen atoms in total. The van der Waals surface area contributed by atoms with Crippen LogP contribution >= 0.6 is 22.7 Å². The second-order valence-corrected chi connectivity index (χ2v) is 6.86. The number of hydrogen-bond donors (Lipinski definition) is 1. The van der Waals surface area contributed by atoms with Gasteiger partial charge in [0.1, 0.15) is 0 Å². The Kier molecular flexibility index (Phi) is 5.30. The summed E-state index contributed by atoms with van der Waals surface area (Å²) in [6.45, 7) is 6.15. The topological polar surface area (TPSA) is 64.1 Å². The molecule has 0 aromatic carbocycles. The third kappa shape index (κ3) is 4.25. The summed E-state index contributed by atoms with van der Waals surface area (Å²) in [4.78, 5) is 21.3. The van der Waals surface area contributed by atoms with E-state index in [1.165, 1.54) is 12.0 Å². The van der Waals surface area contributed by atoms with Crippen LogP contribution in [0.3, 0.4) is 0 Å². The van der Waals surface area contributed by atoms with E-state index in [4.69, 9.17) is 0 Å². The van der Waals surface area contributed by atoms with E-state index in [1.54, 1.807) is 22.7 Å². The summed E-state index contributed by atoms with van der Waals surface area (Å²) in [7, 11) is 1.40. The van der Waals surface area contributed by atoms with Crippen LogP contribution < -0.4 is 5.32 Å². The van der Waals surface area contributed by atoms with Crippen molar-refractivity contribution in [2.45, 2.75) is 39.7 Å². The lowest BCUT2D eigenvalue weighted by molar-refractivity contribution is -0.140. The van der Waals surface area contributed by atoms with Crippen molar-refractivity contribution in [2.75, 3.05) is 12.4 Å². The number of nitrogens with one attached hydrogen (secondary N) is 1. The van der Waals surface area contributed by atoms with E-state index in [1.807, 2.05) is 19.2 Å². The van der Waals surface area contributed by atoms with Crippen molar-refractivity contribution in [3.8, 4) is 0 Å². The largest absolute Gasteiger partial charge is 0.469 e. The van der Waals surface area contributed by atoms with Crippen molar-refractivity contribution in [3.63, 3.8) is 0 Å². The van der Waals surface area contributed by atoms with Crippen molar-refractivity contribution < 1.29 is 9.53 Å². The predicted molar refractivity (Wildman–Crippen MR) is 86.1 cm³/mol. The number of methoxy groups -OCH3 is 1. The van der Waals surface area contributed by atoms with Crippen LogP contribution in [0.4, 0.5) is 5.13 Å². The fourth-order valence-electron chi connectivity index (χ4n) is 2.02. The summed E-state index contributed by atoms with van der Waals surface area (Å²) in [6, 6.07) is 0.177. The average molecular weight is 325 g/mol. The molecule has 2 rings (SSSR count). The quantitative estimate of drug-likeness (QED) is 0.824. The van der Waals surface area contributed by atoms with E-state index in [-0.39, 0.29) is 12.0 Å². The van der Waals surface area contributed by atoms with Crippen LogP contribution in [0.25, 0.3) is 0 Å². The van der Waals surface area contributed by atoms with E-state index >= 15 is 0 Å². The van der Waals surface area contributed by atoms with Gasteiger partial charge in [-0.05, 0) is 20.8 Å². The van der Waals surface area contributed by atoms with Gasteiger partial charge in [-0.2, -0.15) is 0 Å². The number of nitrogens with zero attached hydrogens (tertiary/aromatic N) is 2. The highest BCUT2D eigenvalue weighted by Crippen LogP contribution is 2.28. The molecule has 0 fully saturated rings. The Morgan fingerprint density at radius 3 is 2.81 bits per heavy atom. The molecule has 0 aliphatic heterocycles. The van der Waals surface area contributed by atoms with E-state index in [2.05, 4.69) is 26.9 Å². The summed E-state index contributed by atoms with van der Waals surface area (Å²) >= 11 is 3.26. The highest BCUT2D eigenvalue weighted by atomic mass is 32.1. The van der Waals surface area contributed by atoms with Crippen LogP contribution in [0.1, 0.15) is 40.7 Å². The highest BCUT2D eigenvalue weighted by molar-refractivity contribution is 7.14. The molecule has 1 atom stereocenters. The summed E-state index contributed by atoms with van der Waals surface area (Å²) < 4.78 is 4.63. The third-order valence-electron chi connectivity index (χ3n) is 3.04. The van der Waals surface area contributed by atoms with Crippen LogP contribution in [0.15, 0.2) is 5.38 Å². The number of rotatable bonds is 6. The number of esters is 1. The first-order chi connectivity index (χ1) is 9.99. The van der Waals surface area contributed by atoms with Gasteiger partial charge < -0.3 is 10.1 Å². The van der Waals surface area contributed by atoms with Crippen LogP contribution in [0.2, 0.25) is 0 Å². The molecular weight excluding hydrogens is 306 g/mol. The van der Waals surface area contributed by atoms with Gasteiger partial charge in [0.05, 0.1) is 36.0 Å². The fraction of sp³-hybridized carbons (Fsp3) is 0.500. The first-order valence-corrected chi connectivity index (χ1v) is 8.41. The third-order valence-corrected chi connectivity index (χ3v) is 5.12. The van der Waals surface area contributed by atoms with Gasteiger partial charge in [0.15, 0.2) is 5.13 Å². The Morgan fingerprint density at radius 1 is 1.43 bits per heavy atom. The molecule has 114 valence electrons. The molecule has 0 radical (unpaired) electrons. The summed E-state index contributed by atoms with van der Waals surface area (Å²) in [5.74, 6) is -0.207. The molecule has 0 amide bonds. The number of carbonyl (C=O) groups excluding carboxylic acids is 1. The number of hydrogen-bond acceptors (Lipinski definition) is 7. The Labute approximate surface area is 132 Å². The summed E-state index contributed by atoms with van der Waals surface area (Å²) in [5.41, 5.74) is 1.98. The van der Waals surface area contributed by atoms with Gasteiger partial charge in [-0.3, -0.25) is 4.79 Å². The normalized spacial score (nSPS) is 12.2. The standard InChI is InChI=1S/C14H19N3O2S2/c1-8-13(21-10(3)15-8)9(2)16-14-17-11(7-20-14)5-6-12(18)19-4/h7,9H,5-6H2,1-4H3,(H,16,17). The van der Waals surface area contributed by atoms with Crippen molar-refractivity contribution >= 4 is 33.8 Å². The van der Waals surface area contributed by atoms with Gasteiger partial charge in [0.2, 0.25) is 0 Å². The minimum absolute atomic E-state index is 0.177. The first-order valence-electron chi connectivity index (χ1n) is 6.71. The number of thiazole rings is 2. The van der Waals surface area contributed by atoms with Gasteiger partial charge in [-0.25, -0.2) is 9.97 Å². The lowest BCUT2D eigenvalue weighted by Gasteiger charge is -2.11. The molecule has 0 saturated heterocycles. The molecule has 1 N–H and O–H groups in total. The molecule has 0 spiro atoms. The van der Waals surface area contributed by atoms with Gasteiger partial charge in [0.25, 0.3) is 0 Å². The molecular formula is C14H19N3O2S2. The molecule has 7 heteroatoms. The molecule has 21 heavy (non-hydrogen) atoms. The van der Waals surface area contributed by atoms with Crippen LogP contribution in [0, 0.1) is 13.8 Å². The molecule has 0 aliphatic carbocycles. The van der Waals surface area contributed by atoms with Crippen molar-refractivity contribution in [1.82, 2.24) is 9.97 Å². The minimum Gasteiger partial charge on any atom is -0.469 e. The summed E-state index contributed by atoms with van der Waals surface area (Å²) in [5, 5.41) is 7.32.